The van der Waals surface area contributed by atoms with Crippen LogP contribution >= 0.6 is 11.6 Å². The molecule has 1 aromatic carbocycles. The average Bonchev–Trinajstić information content (AvgIpc) is 2.26. The van der Waals surface area contributed by atoms with Crippen LogP contribution in [0.25, 0.3) is 0 Å². The predicted molar refractivity (Wildman–Crippen MR) is 73.0 cm³/mol. The van der Waals surface area contributed by atoms with Gasteiger partial charge in [0.25, 0.3) is 0 Å². The Morgan fingerprint density at radius 1 is 1.44 bits per heavy atom. The summed E-state index contributed by atoms with van der Waals surface area (Å²) in [6.45, 7) is 0.574. The molecule has 0 unspecified atom stereocenters. The molecule has 1 aliphatic rings. The molecule has 0 aromatic heterocycles. The minimum atomic E-state index is -3.46. The Kier molecular flexibility index (Phi) is 3.84. The number of sulfonamides is 1. The maximum atomic E-state index is 12.3. The predicted octanol–water partition coefficient (Wildman–Crippen LogP) is 2.34. The third-order valence-corrected chi connectivity index (χ3v) is 5.57. The second kappa shape index (κ2) is 5.07. The van der Waals surface area contributed by atoms with E-state index in [-0.39, 0.29) is 9.92 Å². The zero-order valence-corrected chi connectivity index (χ0v) is 11.8. The summed E-state index contributed by atoms with van der Waals surface area (Å²) in [5.74, 6) is 0.494. The Labute approximate surface area is 113 Å². The minimum absolute atomic E-state index is 0.198. The second-order valence-corrected chi connectivity index (χ2v) is 7.22. The topological polar surface area (TPSA) is 63.4 Å². The molecule has 2 N–H and O–H groups in total. The molecule has 0 spiro atoms. The highest BCUT2D eigenvalue weighted by atomic mass is 35.5. The normalized spacial score (nSPS) is 16.8. The van der Waals surface area contributed by atoms with Crippen molar-refractivity contribution in [2.24, 2.45) is 5.92 Å². The molecule has 0 bridgehead atoms. The molecule has 100 valence electrons. The quantitative estimate of drug-likeness (QED) is 0.865. The first-order valence-corrected chi connectivity index (χ1v) is 7.74. The highest BCUT2D eigenvalue weighted by molar-refractivity contribution is 7.89. The lowest BCUT2D eigenvalue weighted by Crippen LogP contribution is -2.34. The lowest BCUT2D eigenvalue weighted by Gasteiger charge is -2.29. The minimum Gasteiger partial charge on any atom is -0.398 e. The summed E-state index contributed by atoms with van der Waals surface area (Å²) >= 11 is 5.86. The van der Waals surface area contributed by atoms with Crippen LogP contribution in [0.1, 0.15) is 19.3 Å². The summed E-state index contributed by atoms with van der Waals surface area (Å²) in [7, 11) is -1.85. The van der Waals surface area contributed by atoms with E-state index in [1.165, 1.54) is 28.9 Å². The number of hydrogen-bond acceptors (Lipinski definition) is 3. The Morgan fingerprint density at radius 2 is 2.11 bits per heavy atom. The van der Waals surface area contributed by atoms with Crippen molar-refractivity contribution < 1.29 is 8.42 Å². The van der Waals surface area contributed by atoms with Crippen molar-refractivity contribution in [3.05, 3.63) is 23.2 Å². The van der Waals surface area contributed by atoms with Gasteiger partial charge < -0.3 is 5.73 Å². The molecule has 0 heterocycles. The summed E-state index contributed by atoms with van der Waals surface area (Å²) in [6, 6.07) is 4.42. The van der Waals surface area contributed by atoms with E-state index < -0.39 is 10.0 Å². The molecule has 1 aromatic rings. The van der Waals surface area contributed by atoms with E-state index >= 15 is 0 Å². The maximum Gasteiger partial charge on any atom is 0.242 e. The van der Waals surface area contributed by atoms with Gasteiger partial charge in [0.15, 0.2) is 0 Å². The van der Waals surface area contributed by atoms with Gasteiger partial charge in [0.05, 0.1) is 15.6 Å². The van der Waals surface area contributed by atoms with E-state index in [1.54, 1.807) is 7.05 Å². The highest BCUT2D eigenvalue weighted by Crippen LogP contribution is 2.29. The van der Waals surface area contributed by atoms with Gasteiger partial charge in [-0.3, -0.25) is 0 Å². The number of nitrogens with two attached hydrogens (primary N) is 1. The van der Waals surface area contributed by atoms with Crippen LogP contribution in [0, 0.1) is 5.92 Å². The largest absolute Gasteiger partial charge is 0.398 e. The summed E-state index contributed by atoms with van der Waals surface area (Å²) in [6.07, 6.45) is 3.43. The van der Waals surface area contributed by atoms with Gasteiger partial charge in [-0.05, 0) is 37.0 Å². The molecule has 1 aliphatic carbocycles. The molecular formula is C12H17ClN2O2S. The number of nitrogen functional groups attached to an aromatic ring is 1. The van der Waals surface area contributed by atoms with Gasteiger partial charge in [0.1, 0.15) is 0 Å². The van der Waals surface area contributed by atoms with E-state index in [4.69, 9.17) is 17.3 Å². The monoisotopic (exact) mass is 288 g/mol. The molecule has 18 heavy (non-hydrogen) atoms. The number of nitrogens with zero attached hydrogens (tertiary/aromatic N) is 1. The average molecular weight is 289 g/mol. The molecule has 2 rings (SSSR count). The summed E-state index contributed by atoms with van der Waals surface area (Å²) in [5, 5.41) is 0.271. The van der Waals surface area contributed by atoms with Crippen molar-refractivity contribution in [2.75, 3.05) is 19.3 Å². The number of halogens is 1. The van der Waals surface area contributed by atoms with Gasteiger partial charge in [-0.2, -0.15) is 0 Å². The molecule has 0 amide bonds. The molecule has 4 nitrogen and oxygen atoms in total. The first-order valence-electron chi connectivity index (χ1n) is 5.92. The SMILES string of the molecule is CN(CC1CCC1)S(=O)(=O)c1ccc(N)c(Cl)c1. The highest BCUT2D eigenvalue weighted by Gasteiger charge is 2.26. The van der Waals surface area contributed by atoms with Crippen LogP contribution in [0.2, 0.25) is 5.02 Å². The molecule has 1 fully saturated rings. The Morgan fingerprint density at radius 3 is 2.61 bits per heavy atom. The van der Waals surface area contributed by atoms with Crippen molar-refractivity contribution in [1.29, 1.82) is 0 Å². The molecule has 6 heteroatoms. The van der Waals surface area contributed by atoms with Crippen molar-refractivity contribution in [3.8, 4) is 0 Å². The zero-order valence-electron chi connectivity index (χ0n) is 10.3. The fraction of sp³-hybridized carbons (Fsp3) is 0.500. The van der Waals surface area contributed by atoms with E-state index in [9.17, 15) is 8.42 Å². The van der Waals surface area contributed by atoms with Gasteiger partial charge >= 0.3 is 0 Å². The fourth-order valence-electron chi connectivity index (χ4n) is 1.99. The van der Waals surface area contributed by atoms with E-state index in [0.29, 0.717) is 18.2 Å². The number of benzene rings is 1. The van der Waals surface area contributed by atoms with Gasteiger partial charge in [0, 0.05) is 13.6 Å². The standard InChI is InChI=1S/C12H17ClN2O2S/c1-15(8-9-3-2-4-9)18(16,17)10-5-6-12(14)11(13)7-10/h5-7,9H,2-4,8,14H2,1H3. The van der Waals surface area contributed by atoms with Crippen LogP contribution in [-0.4, -0.2) is 26.3 Å². The van der Waals surface area contributed by atoms with Gasteiger partial charge in [-0.1, -0.05) is 18.0 Å². The van der Waals surface area contributed by atoms with Crippen molar-refractivity contribution >= 4 is 27.3 Å². The Bertz CT molecular complexity index is 541. The fourth-order valence-corrected chi connectivity index (χ4v) is 3.50. The van der Waals surface area contributed by atoms with E-state index in [0.717, 1.165) is 12.8 Å². The van der Waals surface area contributed by atoms with Crippen LogP contribution in [-0.2, 0) is 10.0 Å². The van der Waals surface area contributed by atoms with Crippen LogP contribution < -0.4 is 5.73 Å². The maximum absolute atomic E-state index is 12.3. The summed E-state index contributed by atoms with van der Waals surface area (Å²) in [5.41, 5.74) is 5.97. The van der Waals surface area contributed by atoms with Crippen LogP contribution in [0.5, 0.6) is 0 Å². The smallest absolute Gasteiger partial charge is 0.242 e. The molecule has 0 saturated heterocycles. The third kappa shape index (κ3) is 2.63. The van der Waals surface area contributed by atoms with Crippen LogP contribution in [0.3, 0.4) is 0 Å². The third-order valence-electron chi connectivity index (χ3n) is 3.42. The van der Waals surface area contributed by atoms with Crippen molar-refractivity contribution in [2.45, 2.75) is 24.2 Å². The Hall–Kier alpha value is -0.780. The molecular weight excluding hydrogens is 272 g/mol. The lowest BCUT2D eigenvalue weighted by molar-refractivity contribution is 0.263. The summed E-state index contributed by atoms with van der Waals surface area (Å²) < 4.78 is 26.0. The molecule has 0 atom stereocenters. The van der Waals surface area contributed by atoms with Crippen LogP contribution in [0.4, 0.5) is 5.69 Å². The first-order chi connectivity index (χ1) is 8.41. The second-order valence-electron chi connectivity index (χ2n) is 4.77. The number of anilines is 1. The van der Waals surface area contributed by atoms with Crippen molar-refractivity contribution in [1.82, 2.24) is 4.31 Å². The van der Waals surface area contributed by atoms with E-state index in [1.807, 2.05) is 0 Å². The number of hydrogen-bond donors (Lipinski definition) is 1. The molecule has 0 aliphatic heterocycles. The van der Waals surface area contributed by atoms with Gasteiger partial charge in [-0.25, -0.2) is 12.7 Å². The molecule has 0 radical (unpaired) electrons. The van der Waals surface area contributed by atoms with E-state index in [2.05, 4.69) is 0 Å². The molecule has 1 saturated carbocycles. The van der Waals surface area contributed by atoms with Crippen molar-refractivity contribution in [3.63, 3.8) is 0 Å². The van der Waals surface area contributed by atoms with Crippen LogP contribution in [0.15, 0.2) is 23.1 Å². The van der Waals surface area contributed by atoms with Gasteiger partial charge in [0.2, 0.25) is 10.0 Å². The van der Waals surface area contributed by atoms with Gasteiger partial charge in [-0.15, -0.1) is 0 Å². The lowest BCUT2D eigenvalue weighted by atomic mass is 9.86. The Balaban J connectivity index is 2.20. The summed E-state index contributed by atoms with van der Waals surface area (Å²) in [4.78, 5) is 0.198. The first kappa shape index (κ1) is 13.6. The zero-order chi connectivity index (χ0) is 13.3. The number of rotatable bonds is 4.